The first-order chi connectivity index (χ1) is 12.8. The molecule has 3 rings (SSSR count). The number of carbonyl (C=O) groups excluding carboxylic acids is 2. The lowest BCUT2D eigenvalue weighted by Gasteiger charge is -2.15. The zero-order valence-electron chi connectivity index (χ0n) is 14.8. The maximum atomic E-state index is 13.1. The third-order valence-corrected chi connectivity index (χ3v) is 5.19. The van der Waals surface area contributed by atoms with Crippen molar-refractivity contribution in [2.24, 2.45) is 0 Å². The number of nitrogens with zero attached hydrogens (tertiary/aromatic N) is 2. The Bertz CT molecular complexity index is 970. The number of hydrazine groups is 1. The van der Waals surface area contributed by atoms with Crippen molar-refractivity contribution in [1.29, 1.82) is 0 Å². The summed E-state index contributed by atoms with van der Waals surface area (Å²) in [6.07, 6.45) is 0.00285. The lowest BCUT2D eigenvalue weighted by Crippen LogP contribution is -2.35. The quantitative estimate of drug-likeness (QED) is 0.534. The minimum Gasteiger partial charge on any atom is -0.294 e. The lowest BCUT2D eigenvalue weighted by atomic mass is 9.92. The van der Waals surface area contributed by atoms with E-state index in [-0.39, 0.29) is 39.8 Å². The molecular formula is C20H17Cl2N2O3+. The van der Waals surface area contributed by atoms with E-state index < -0.39 is 6.04 Å². The summed E-state index contributed by atoms with van der Waals surface area (Å²) >= 11 is 12.1. The molecule has 2 aromatic carbocycles. The second-order valence-electron chi connectivity index (χ2n) is 6.31. The second-order valence-corrected chi connectivity index (χ2v) is 7.15. The van der Waals surface area contributed by atoms with E-state index >= 15 is 0 Å². The van der Waals surface area contributed by atoms with Crippen LogP contribution in [0.1, 0.15) is 34.1 Å². The van der Waals surface area contributed by atoms with Crippen LogP contribution in [0.4, 0.5) is 0 Å². The summed E-state index contributed by atoms with van der Waals surface area (Å²) in [4.78, 5) is 38.8. The monoisotopic (exact) mass is 403 g/mol. The second kappa shape index (κ2) is 7.62. The van der Waals surface area contributed by atoms with E-state index in [1.165, 1.54) is 17.1 Å². The van der Waals surface area contributed by atoms with E-state index in [2.05, 4.69) is 0 Å². The minimum atomic E-state index is -0.672. The minimum absolute atomic E-state index is 0.00285. The number of hydrogen-bond donors (Lipinski definition) is 0. The molecule has 27 heavy (non-hydrogen) atoms. The molecule has 1 aliphatic heterocycles. The van der Waals surface area contributed by atoms with Crippen LogP contribution in [0.3, 0.4) is 0 Å². The number of nitroso groups, excluding NO2 is 1. The van der Waals surface area contributed by atoms with Crippen molar-refractivity contribution < 1.29 is 14.5 Å². The van der Waals surface area contributed by atoms with E-state index in [4.69, 9.17) is 23.2 Å². The molecule has 0 saturated carbocycles. The van der Waals surface area contributed by atoms with Crippen molar-refractivity contribution >= 4 is 34.8 Å². The summed E-state index contributed by atoms with van der Waals surface area (Å²) in [6.45, 7) is 1.56. The van der Waals surface area contributed by atoms with Crippen LogP contribution < -0.4 is 0 Å². The normalized spacial score (nSPS) is 16.8. The number of allylic oxidation sites excluding steroid dienone is 1. The van der Waals surface area contributed by atoms with Gasteiger partial charge in [0.05, 0.1) is 17.0 Å². The molecule has 1 atom stereocenters. The van der Waals surface area contributed by atoms with Gasteiger partial charge in [0.25, 0.3) is 5.70 Å². The molecule has 5 nitrogen and oxygen atoms in total. The van der Waals surface area contributed by atoms with Crippen molar-refractivity contribution in [3.8, 4) is 0 Å². The standard InChI is InChI=1S/C20H17Cl2N2O3/c1-12-19(20(26)15-9-8-14(21)10-16(15)22)17(23(2)24(12)27)11-18(25)13-6-4-3-5-7-13/h3-10,17H,11H2,1-2H3/q+1. The largest absolute Gasteiger partial charge is 0.294 e. The first-order valence-electron chi connectivity index (χ1n) is 8.30. The Morgan fingerprint density at radius 2 is 1.78 bits per heavy atom. The summed E-state index contributed by atoms with van der Waals surface area (Å²) in [5.41, 5.74) is 1.29. The number of Topliss-reactive ketones (excluding diaryl/α,β-unsaturated/α-hetero) is 2. The predicted molar refractivity (Wildman–Crippen MR) is 104 cm³/mol. The van der Waals surface area contributed by atoms with Gasteiger partial charge >= 0.3 is 0 Å². The molecule has 0 bridgehead atoms. The summed E-state index contributed by atoms with van der Waals surface area (Å²) in [5, 5.41) is 1.97. The first-order valence-corrected chi connectivity index (χ1v) is 9.05. The van der Waals surface area contributed by atoms with E-state index in [1.807, 2.05) is 6.07 Å². The number of hydrogen-bond acceptors (Lipinski definition) is 3. The van der Waals surface area contributed by atoms with Crippen LogP contribution in [0.2, 0.25) is 10.0 Å². The summed E-state index contributed by atoms with van der Waals surface area (Å²) in [5.74, 6) is -0.534. The Balaban J connectivity index is 1.96. The van der Waals surface area contributed by atoms with Gasteiger partial charge in [0.15, 0.2) is 16.4 Å². The molecule has 138 valence electrons. The first kappa shape index (κ1) is 19.3. The van der Waals surface area contributed by atoms with Gasteiger partial charge in [-0.05, 0) is 18.2 Å². The van der Waals surface area contributed by atoms with Crippen molar-refractivity contribution in [3.05, 3.63) is 85.9 Å². The Morgan fingerprint density at radius 3 is 2.41 bits per heavy atom. The molecule has 0 aromatic heterocycles. The number of likely N-dealkylation sites (N-methyl/N-ethyl adjacent to an activating group) is 1. The maximum absolute atomic E-state index is 13.1. The molecule has 0 saturated heterocycles. The average Bonchev–Trinajstić information content (AvgIpc) is 2.86. The molecule has 0 N–H and O–H groups in total. The van der Waals surface area contributed by atoms with Gasteiger partial charge in [0, 0.05) is 29.5 Å². The highest BCUT2D eigenvalue weighted by Gasteiger charge is 2.47. The fourth-order valence-electron chi connectivity index (χ4n) is 3.18. The van der Waals surface area contributed by atoms with Crippen LogP contribution >= 0.6 is 23.2 Å². The molecule has 1 unspecified atom stereocenters. The SMILES string of the molecule is CC1=C(C(=O)c2ccc(Cl)cc2Cl)C(CC(=O)c2ccccc2)N(C)[N+]1=O. The van der Waals surface area contributed by atoms with Gasteiger partial charge in [0.2, 0.25) is 0 Å². The molecule has 1 heterocycles. The van der Waals surface area contributed by atoms with Crippen LogP contribution in [0, 0.1) is 4.91 Å². The third-order valence-electron chi connectivity index (χ3n) is 4.64. The smallest absolute Gasteiger partial charge is 0.275 e. The van der Waals surface area contributed by atoms with Gasteiger partial charge in [-0.1, -0.05) is 53.5 Å². The lowest BCUT2D eigenvalue weighted by molar-refractivity contribution is -0.656. The van der Waals surface area contributed by atoms with Crippen molar-refractivity contribution in [3.63, 3.8) is 0 Å². The van der Waals surface area contributed by atoms with Crippen molar-refractivity contribution in [1.82, 2.24) is 5.01 Å². The van der Waals surface area contributed by atoms with Gasteiger partial charge in [-0.3, -0.25) is 9.59 Å². The van der Waals surface area contributed by atoms with Crippen LogP contribution in [0.15, 0.2) is 59.8 Å². The third kappa shape index (κ3) is 3.66. The topological polar surface area (TPSA) is 57.5 Å². The van der Waals surface area contributed by atoms with Gasteiger partial charge in [-0.25, -0.2) is 0 Å². The van der Waals surface area contributed by atoms with E-state index in [0.717, 1.165) is 0 Å². The fraction of sp³-hybridized carbons (Fsp3) is 0.200. The van der Waals surface area contributed by atoms with Crippen molar-refractivity contribution in [2.45, 2.75) is 19.4 Å². The highest BCUT2D eigenvalue weighted by molar-refractivity contribution is 6.37. The van der Waals surface area contributed by atoms with Gasteiger partial charge < -0.3 is 0 Å². The number of carbonyl (C=O) groups is 2. The Morgan fingerprint density at radius 1 is 1.11 bits per heavy atom. The Kier molecular flexibility index (Phi) is 5.44. The molecule has 0 fully saturated rings. The highest BCUT2D eigenvalue weighted by Crippen LogP contribution is 2.32. The fourth-order valence-corrected chi connectivity index (χ4v) is 3.67. The average molecular weight is 404 g/mol. The van der Waals surface area contributed by atoms with Gasteiger partial charge in [-0.2, -0.15) is 0 Å². The summed E-state index contributed by atoms with van der Waals surface area (Å²) in [7, 11) is 1.56. The maximum Gasteiger partial charge on any atom is 0.275 e. The number of ketones is 2. The van der Waals surface area contributed by atoms with Crippen LogP contribution in [-0.4, -0.2) is 34.5 Å². The predicted octanol–water partition coefficient (Wildman–Crippen LogP) is 4.73. The summed E-state index contributed by atoms with van der Waals surface area (Å²) < 4.78 is 0. The molecule has 1 aliphatic rings. The highest BCUT2D eigenvalue weighted by atomic mass is 35.5. The molecule has 7 heteroatoms. The molecule has 0 spiro atoms. The van der Waals surface area contributed by atoms with Crippen LogP contribution in [0.5, 0.6) is 0 Å². The number of halogens is 2. The molecule has 0 amide bonds. The zero-order valence-corrected chi connectivity index (χ0v) is 16.3. The van der Waals surface area contributed by atoms with Crippen molar-refractivity contribution in [2.75, 3.05) is 7.05 Å². The van der Waals surface area contributed by atoms with E-state index in [0.29, 0.717) is 15.5 Å². The van der Waals surface area contributed by atoms with Gasteiger partial charge in [0.1, 0.15) is 11.6 Å². The Labute approximate surface area is 166 Å². The number of benzene rings is 2. The molecule has 0 radical (unpaired) electrons. The molecular weight excluding hydrogens is 387 g/mol. The molecule has 2 aromatic rings. The summed E-state index contributed by atoms with van der Waals surface area (Å²) in [6, 6.07) is 12.7. The van der Waals surface area contributed by atoms with Gasteiger partial charge in [-0.15, -0.1) is 5.01 Å². The zero-order chi connectivity index (χ0) is 19.7. The Hall–Kier alpha value is -2.50. The molecule has 0 aliphatic carbocycles. The van der Waals surface area contributed by atoms with E-state index in [1.54, 1.807) is 44.3 Å². The number of rotatable bonds is 5. The van der Waals surface area contributed by atoms with Crippen LogP contribution in [-0.2, 0) is 0 Å². The van der Waals surface area contributed by atoms with E-state index in [9.17, 15) is 14.5 Å². The van der Waals surface area contributed by atoms with Crippen LogP contribution in [0.25, 0.3) is 0 Å².